The first-order chi connectivity index (χ1) is 10.7. The molecule has 0 spiro atoms. The number of allylic oxidation sites excluding steroid dienone is 6. The maximum atomic E-state index is 12.6. The van der Waals surface area contributed by atoms with Crippen LogP contribution in [0.5, 0.6) is 0 Å². The van der Waals surface area contributed by atoms with Crippen LogP contribution < -0.4 is 5.43 Å². The van der Waals surface area contributed by atoms with E-state index in [2.05, 4.69) is 10.5 Å². The summed E-state index contributed by atoms with van der Waals surface area (Å²) in [4.78, 5) is 24.4. The van der Waals surface area contributed by atoms with Crippen molar-refractivity contribution in [1.29, 1.82) is 0 Å². The van der Waals surface area contributed by atoms with Crippen molar-refractivity contribution in [2.45, 2.75) is 45.1 Å². The lowest BCUT2D eigenvalue weighted by atomic mass is 9.77. The zero-order chi connectivity index (χ0) is 15.5. The summed E-state index contributed by atoms with van der Waals surface area (Å²) in [5.41, 5.74) is 4.65. The van der Waals surface area contributed by atoms with Gasteiger partial charge in [0.1, 0.15) is 17.4 Å². The molecule has 0 heterocycles. The van der Waals surface area contributed by atoms with Crippen molar-refractivity contribution in [3.63, 3.8) is 0 Å². The van der Waals surface area contributed by atoms with Crippen LogP contribution in [0.2, 0.25) is 0 Å². The first kappa shape index (κ1) is 14.9. The quantitative estimate of drug-likeness (QED) is 0.644. The Morgan fingerprint density at radius 1 is 1.23 bits per heavy atom. The molecule has 2 atom stereocenters. The zero-order valence-corrected chi connectivity index (χ0v) is 12.9. The molecule has 0 saturated heterocycles. The summed E-state index contributed by atoms with van der Waals surface area (Å²) in [5.74, 6) is -1.09. The van der Waals surface area contributed by atoms with Gasteiger partial charge in [0.25, 0.3) is 0 Å². The highest BCUT2D eigenvalue weighted by Gasteiger charge is 2.36. The smallest absolute Gasteiger partial charge is 0.194 e. The van der Waals surface area contributed by atoms with Gasteiger partial charge in [0, 0.05) is 12.0 Å². The fourth-order valence-corrected chi connectivity index (χ4v) is 3.36. The summed E-state index contributed by atoms with van der Waals surface area (Å²) < 4.78 is 0. The monoisotopic (exact) mass is 298 g/mol. The van der Waals surface area contributed by atoms with Crippen LogP contribution >= 0.6 is 0 Å². The fourth-order valence-electron chi connectivity index (χ4n) is 3.36. The van der Waals surface area contributed by atoms with Crippen LogP contribution in [0, 0.1) is 11.8 Å². The van der Waals surface area contributed by atoms with Gasteiger partial charge in [-0.25, -0.2) is 0 Å². The number of carbonyl (C=O) groups is 2. The van der Waals surface area contributed by atoms with E-state index in [0.717, 1.165) is 18.4 Å². The van der Waals surface area contributed by atoms with E-state index in [1.807, 2.05) is 24.3 Å². The molecule has 1 saturated carbocycles. The molecule has 116 valence electrons. The van der Waals surface area contributed by atoms with E-state index in [-0.39, 0.29) is 17.5 Å². The molecule has 22 heavy (non-hydrogen) atoms. The molecule has 0 aromatic heterocycles. The summed E-state index contributed by atoms with van der Waals surface area (Å²) in [6.45, 7) is 1.47. The second kappa shape index (κ2) is 6.42. The van der Waals surface area contributed by atoms with Gasteiger partial charge in [-0.15, -0.1) is 0 Å². The van der Waals surface area contributed by atoms with Crippen LogP contribution in [0.4, 0.5) is 0 Å². The molecule has 0 amide bonds. The number of hydrazone groups is 1. The Bertz CT molecular complexity index is 592. The lowest BCUT2D eigenvalue weighted by Crippen LogP contribution is -2.39. The van der Waals surface area contributed by atoms with Gasteiger partial charge >= 0.3 is 0 Å². The number of nitrogens with one attached hydrogen (secondary N) is 1. The van der Waals surface area contributed by atoms with Crippen LogP contribution in [0.3, 0.4) is 0 Å². The maximum Gasteiger partial charge on any atom is 0.194 e. The van der Waals surface area contributed by atoms with Gasteiger partial charge in [0.15, 0.2) is 5.78 Å². The number of hydrogen-bond donors (Lipinski definition) is 1. The number of rotatable bonds is 3. The van der Waals surface area contributed by atoms with E-state index in [9.17, 15) is 9.59 Å². The van der Waals surface area contributed by atoms with Crippen molar-refractivity contribution in [1.82, 2.24) is 5.43 Å². The van der Waals surface area contributed by atoms with Crippen molar-refractivity contribution in [2.24, 2.45) is 16.9 Å². The van der Waals surface area contributed by atoms with Crippen molar-refractivity contribution < 1.29 is 9.59 Å². The Kier molecular flexibility index (Phi) is 4.36. The summed E-state index contributed by atoms with van der Waals surface area (Å²) in [6.07, 6.45) is 15.5. The predicted molar refractivity (Wildman–Crippen MR) is 86.5 cm³/mol. The van der Waals surface area contributed by atoms with Gasteiger partial charge in [-0.05, 0) is 25.3 Å². The van der Waals surface area contributed by atoms with Gasteiger partial charge in [0.2, 0.25) is 0 Å². The highest BCUT2D eigenvalue weighted by atomic mass is 16.2. The average Bonchev–Trinajstić information content (AvgIpc) is 2.54. The van der Waals surface area contributed by atoms with Crippen LogP contribution in [0.15, 0.2) is 41.1 Å². The molecule has 0 aliphatic heterocycles. The number of nitrogens with zero attached hydrogens (tertiary/aromatic N) is 1. The Labute approximate surface area is 131 Å². The lowest BCUT2D eigenvalue weighted by Gasteiger charge is -2.28. The number of hydrogen-bond acceptors (Lipinski definition) is 4. The molecule has 1 fully saturated rings. The standard InChI is InChI=1S/C18H22N2O2/c1-12(21)16-11-13-7-5-6-10-15(13)17(18(16)22)20-19-14-8-3-2-4-9-14/h5-7,10-11,14-16,19H,2-4,8-9H2,1H3/b20-17-. The lowest BCUT2D eigenvalue weighted by molar-refractivity contribution is -0.126. The van der Waals surface area contributed by atoms with E-state index in [1.165, 1.54) is 26.2 Å². The fraction of sp³-hybridized carbons (Fsp3) is 0.500. The first-order valence-electron chi connectivity index (χ1n) is 8.11. The van der Waals surface area contributed by atoms with Crippen LogP contribution in [0.1, 0.15) is 39.0 Å². The van der Waals surface area contributed by atoms with E-state index in [1.54, 1.807) is 6.08 Å². The molecule has 3 aliphatic rings. The van der Waals surface area contributed by atoms with E-state index in [4.69, 9.17) is 0 Å². The van der Waals surface area contributed by atoms with E-state index in [0.29, 0.717) is 11.8 Å². The van der Waals surface area contributed by atoms with Gasteiger partial charge in [0.05, 0.1) is 0 Å². The molecule has 4 nitrogen and oxygen atoms in total. The average molecular weight is 298 g/mol. The third-order valence-electron chi connectivity index (χ3n) is 4.66. The molecular weight excluding hydrogens is 276 g/mol. The number of carbonyl (C=O) groups excluding carboxylic acids is 2. The molecule has 4 heteroatoms. The second-order valence-electron chi connectivity index (χ2n) is 6.30. The van der Waals surface area contributed by atoms with Crippen LogP contribution in [-0.4, -0.2) is 23.3 Å². The second-order valence-corrected chi connectivity index (χ2v) is 6.30. The summed E-state index contributed by atoms with van der Waals surface area (Å²) >= 11 is 0. The highest BCUT2D eigenvalue weighted by Crippen LogP contribution is 2.29. The molecule has 3 rings (SSSR count). The molecule has 2 unspecified atom stereocenters. The highest BCUT2D eigenvalue weighted by molar-refractivity contribution is 6.46. The van der Waals surface area contributed by atoms with Crippen LogP contribution in [0.25, 0.3) is 0 Å². The third-order valence-corrected chi connectivity index (χ3v) is 4.66. The normalized spacial score (nSPS) is 30.1. The first-order valence-corrected chi connectivity index (χ1v) is 8.11. The van der Waals surface area contributed by atoms with E-state index >= 15 is 0 Å². The summed E-state index contributed by atoms with van der Waals surface area (Å²) in [6, 6.07) is 0.349. The predicted octanol–water partition coefficient (Wildman–Crippen LogP) is 2.72. The third kappa shape index (κ3) is 2.96. The van der Waals surface area contributed by atoms with Crippen LogP contribution in [-0.2, 0) is 9.59 Å². The molecule has 0 bridgehead atoms. The van der Waals surface area contributed by atoms with Gasteiger partial charge in [-0.1, -0.05) is 49.6 Å². The Balaban J connectivity index is 1.85. The largest absolute Gasteiger partial charge is 0.307 e. The maximum absolute atomic E-state index is 12.6. The minimum atomic E-state index is -0.686. The number of ketones is 2. The van der Waals surface area contributed by atoms with Crippen molar-refractivity contribution in [2.75, 3.05) is 0 Å². The van der Waals surface area contributed by atoms with E-state index < -0.39 is 5.92 Å². The molecule has 0 aromatic carbocycles. The molecular formula is C18H22N2O2. The molecule has 0 radical (unpaired) electrons. The van der Waals surface area contributed by atoms with Crippen molar-refractivity contribution >= 4 is 17.3 Å². The Hall–Kier alpha value is -1.97. The number of fused-ring (bicyclic) bond motifs is 1. The van der Waals surface area contributed by atoms with Crippen molar-refractivity contribution in [3.8, 4) is 0 Å². The molecule has 3 aliphatic carbocycles. The topological polar surface area (TPSA) is 58.5 Å². The zero-order valence-electron chi connectivity index (χ0n) is 12.9. The minimum absolute atomic E-state index is 0.121. The summed E-state index contributed by atoms with van der Waals surface area (Å²) in [5, 5.41) is 4.44. The van der Waals surface area contributed by atoms with Gasteiger partial charge in [-0.3, -0.25) is 9.59 Å². The minimum Gasteiger partial charge on any atom is -0.307 e. The van der Waals surface area contributed by atoms with Gasteiger partial charge in [-0.2, -0.15) is 5.10 Å². The van der Waals surface area contributed by atoms with Gasteiger partial charge < -0.3 is 5.43 Å². The molecule has 0 aromatic rings. The Morgan fingerprint density at radius 3 is 2.73 bits per heavy atom. The summed E-state index contributed by atoms with van der Waals surface area (Å²) in [7, 11) is 0. The molecule has 1 N–H and O–H groups in total. The number of Topliss-reactive ketones (excluding diaryl/α,β-unsaturated/α-hetero) is 2. The Morgan fingerprint density at radius 2 is 2.00 bits per heavy atom. The SMILES string of the molecule is CC(=O)C1C=C2C=CC=CC2/C(=N/NC2CCCCC2)C1=O. The van der Waals surface area contributed by atoms with Crippen molar-refractivity contribution in [3.05, 3.63) is 36.0 Å².